The molecule has 0 spiro atoms. The molecule has 2 aromatic rings. The highest BCUT2D eigenvalue weighted by Crippen LogP contribution is 2.33. The summed E-state index contributed by atoms with van der Waals surface area (Å²) in [6.07, 6.45) is 8.56. The van der Waals surface area contributed by atoms with Gasteiger partial charge in [0.2, 0.25) is 0 Å². The number of allylic oxidation sites excluding steroid dienone is 3. The Kier molecular flexibility index (Phi) is 5.45. The lowest BCUT2D eigenvalue weighted by molar-refractivity contribution is 0.219. The Morgan fingerprint density at radius 1 is 1.10 bits per heavy atom. The monoisotopic (exact) mass is 379 g/mol. The molecule has 4 nitrogen and oxygen atoms in total. The number of rotatable bonds is 3. The van der Waals surface area contributed by atoms with Crippen molar-refractivity contribution >= 4 is 17.5 Å². The Labute approximate surface area is 171 Å². The number of nitrogens with zero attached hydrogens (tertiary/aromatic N) is 3. The average molecular weight is 379 g/mol. The maximum absolute atomic E-state index is 9.05. The van der Waals surface area contributed by atoms with Gasteiger partial charge in [0.15, 0.2) is 0 Å². The third-order valence-electron chi connectivity index (χ3n) is 5.23. The fraction of sp³-hybridized carbons (Fsp3) is 0.200. The molecule has 2 aliphatic rings. The fourth-order valence-corrected chi connectivity index (χ4v) is 3.76. The zero-order valence-electron chi connectivity index (χ0n) is 16.1. The Morgan fingerprint density at radius 2 is 1.93 bits per heavy atom. The van der Waals surface area contributed by atoms with E-state index in [9.17, 15) is 0 Å². The van der Waals surface area contributed by atoms with Gasteiger partial charge in [0, 0.05) is 17.9 Å². The van der Waals surface area contributed by atoms with Gasteiger partial charge in [-0.25, -0.2) is 10.1 Å². The predicted molar refractivity (Wildman–Crippen MR) is 115 cm³/mol. The molecule has 0 fully saturated rings. The number of ether oxygens (including phenoxy) is 1. The highest BCUT2D eigenvalue weighted by Gasteiger charge is 2.17. The number of hydrogen-bond donors (Lipinski definition) is 0. The van der Waals surface area contributed by atoms with Gasteiger partial charge < -0.3 is 9.64 Å². The van der Waals surface area contributed by atoms with Crippen molar-refractivity contribution in [1.29, 1.82) is 5.26 Å². The lowest BCUT2D eigenvalue weighted by atomic mass is 10.0. The third-order valence-corrected chi connectivity index (χ3v) is 5.23. The first-order valence-electron chi connectivity index (χ1n) is 9.77. The van der Waals surface area contributed by atoms with Crippen LogP contribution in [0.1, 0.15) is 24.0 Å². The van der Waals surface area contributed by atoms with Crippen LogP contribution in [0.2, 0.25) is 0 Å². The second-order valence-corrected chi connectivity index (χ2v) is 7.05. The van der Waals surface area contributed by atoms with Gasteiger partial charge in [-0.3, -0.25) is 0 Å². The van der Waals surface area contributed by atoms with Gasteiger partial charge in [0.1, 0.15) is 5.76 Å². The minimum absolute atomic E-state index is 0.144. The number of benzene rings is 2. The molecular formula is C25H21N3O. The summed E-state index contributed by atoms with van der Waals surface area (Å²) in [6, 6.07) is 19.1. The fourth-order valence-electron chi connectivity index (χ4n) is 3.76. The first-order chi connectivity index (χ1) is 14.3. The molecule has 29 heavy (non-hydrogen) atoms. The standard InChI is InChI=1S/C25H21N3O/c1-27-24(18-26)21-14-16-29-23(17-21)13-10-19-8-11-22(12-9-19)28-15-4-6-20-5-2-3-7-25(20)28/h2-3,5,7-13,17H,4,6,14-16H2. The molecule has 2 aromatic carbocycles. The summed E-state index contributed by atoms with van der Waals surface area (Å²) in [5.74, 6) is 0.677. The van der Waals surface area contributed by atoms with E-state index in [1.54, 1.807) is 6.08 Å². The normalized spacial score (nSPS) is 17.6. The van der Waals surface area contributed by atoms with Crippen LogP contribution in [-0.4, -0.2) is 13.2 Å². The van der Waals surface area contributed by atoms with Crippen LogP contribution < -0.4 is 4.90 Å². The quantitative estimate of drug-likeness (QED) is 0.501. The van der Waals surface area contributed by atoms with Gasteiger partial charge >= 0.3 is 0 Å². The summed E-state index contributed by atoms with van der Waals surface area (Å²) < 4.78 is 5.65. The highest BCUT2D eigenvalue weighted by atomic mass is 16.5. The predicted octanol–water partition coefficient (Wildman–Crippen LogP) is 5.79. The molecular weight excluding hydrogens is 358 g/mol. The zero-order valence-corrected chi connectivity index (χ0v) is 16.1. The summed E-state index contributed by atoms with van der Waals surface area (Å²) >= 11 is 0. The van der Waals surface area contributed by atoms with E-state index in [1.165, 1.54) is 16.9 Å². The summed E-state index contributed by atoms with van der Waals surface area (Å²) in [5.41, 5.74) is 5.87. The van der Waals surface area contributed by atoms with Crippen molar-refractivity contribution < 1.29 is 4.74 Å². The van der Waals surface area contributed by atoms with E-state index in [-0.39, 0.29) is 5.70 Å². The van der Waals surface area contributed by atoms with Crippen LogP contribution in [0, 0.1) is 17.9 Å². The third kappa shape index (κ3) is 4.08. The molecule has 0 aliphatic carbocycles. The van der Waals surface area contributed by atoms with E-state index < -0.39 is 0 Å². The number of hydrogen-bond acceptors (Lipinski definition) is 3. The number of nitriles is 1. The van der Waals surface area contributed by atoms with E-state index in [1.807, 2.05) is 18.2 Å². The van der Waals surface area contributed by atoms with Crippen LogP contribution >= 0.6 is 0 Å². The summed E-state index contributed by atoms with van der Waals surface area (Å²) in [5, 5.41) is 9.05. The van der Waals surface area contributed by atoms with Crippen LogP contribution in [-0.2, 0) is 11.2 Å². The summed E-state index contributed by atoms with van der Waals surface area (Å²) in [4.78, 5) is 5.67. The molecule has 0 N–H and O–H groups in total. The zero-order chi connectivity index (χ0) is 20.1. The van der Waals surface area contributed by atoms with Gasteiger partial charge in [0.05, 0.1) is 19.2 Å². The van der Waals surface area contributed by atoms with E-state index in [0.29, 0.717) is 18.8 Å². The summed E-state index contributed by atoms with van der Waals surface area (Å²) in [7, 11) is 0. The van der Waals surface area contributed by atoms with Crippen molar-refractivity contribution in [2.45, 2.75) is 19.3 Å². The van der Waals surface area contributed by atoms with Crippen molar-refractivity contribution in [3.05, 3.63) is 100 Å². The van der Waals surface area contributed by atoms with Gasteiger partial charge in [-0.15, -0.1) is 0 Å². The van der Waals surface area contributed by atoms with Gasteiger partial charge in [-0.05, 0) is 66.3 Å². The van der Waals surface area contributed by atoms with Gasteiger partial charge in [-0.2, -0.15) is 0 Å². The molecule has 0 unspecified atom stereocenters. The Hall–Kier alpha value is -3.76. The van der Waals surface area contributed by atoms with E-state index in [2.05, 4.69) is 58.3 Å². The van der Waals surface area contributed by atoms with E-state index in [0.717, 1.165) is 30.5 Å². The smallest absolute Gasteiger partial charge is 0.265 e. The Balaban J connectivity index is 1.52. The molecule has 0 atom stereocenters. The molecule has 0 radical (unpaired) electrons. The van der Waals surface area contributed by atoms with Crippen LogP contribution in [0.25, 0.3) is 10.9 Å². The first kappa shape index (κ1) is 18.6. The van der Waals surface area contributed by atoms with Crippen LogP contribution in [0.5, 0.6) is 0 Å². The molecule has 0 aromatic heterocycles. The average Bonchev–Trinajstić information content (AvgIpc) is 2.79. The SMILES string of the molecule is [C-]#[N+]C(C#N)=C1C=C(C=Cc2ccc(N3CCCc4ccccc43)cc2)OCC1. The van der Waals surface area contributed by atoms with Crippen molar-refractivity contribution in [3.63, 3.8) is 0 Å². The number of anilines is 2. The van der Waals surface area contributed by atoms with Crippen molar-refractivity contribution in [3.8, 4) is 6.07 Å². The molecule has 4 rings (SSSR count). The number of para-hydroxylation sites is 1. The Morgan fingerprint density at radius 3 is 2.72 bits per heavy atom. The van der Waals surface area contributed by atoms with Crippen LogP contribution in [0.4, 0.5) is 11.4 Å². The van der Waals surface area contributed by atoms with Gasteiger partial charge in [-0.1, -0.05) is 36.4 Å². The lowest BCUT2D eigenvalue weighted by Crippen LogP contribution is -2.24. The number of aryl methyl sites for hydroxylation is 1. The largest absolute Gasteiger partial charge is 0.493 e. The van der Waals surface area contributed by atoms with Crippen LogP contribution in [0.3, 0.4) is 0 Å². The van der Waals surface area contributed by atoms with Crippen molar-refractivity contribution in [2.24, 2.45) is 0 Å². The van der Waals surface area contributed by atoms with E-state index in [4.69, 9.17) is 16.6 Å². The molecule has 142 valence electrons. The maximum atomic E-state index is 9.05. The second-order valence-electron chi connectivity index (χ2n) is 7.05. The number of fused-ring (bicyclic) bond motifs is 1. The van der Waals surface area contributed by atoms with E-state index >= 15 is 0 Å². The molecule has 0 saturated carbocycles. The lowest BCUT2D eigenvalue weighted by Gasteiger charge is -2.31. The Bertz CT molecular complexity index is 1060. The molecule has 2 heterocycles. The molecule has 0 bridgehead atoms. The van der Waals surface area contributed by atoms with Crippen molar-refractivity contribution in [2.75, 3.05) is 18.1 Å². The highest BCUT2D eigenvalue weighted by molar-refractivity contribution is 5.69. The molecule has 4 heteroatoms. The molecule has 0 amide bonds. The maximum Gasteiger partial charge on any atom is 0.265 e. The van der Waals surface area contributed by atoms with Gasteiger partial charge in [0.25, 0.3) is 5.70 Å². The molecule has 0 saturated heterocycles. The second kappa shape index (κ2) is 8.50. The topological polar surface area (TPSA) is 40.6 Å². The minimum atomic E-state index is 0.144. The molecule has 2 aliphatic heterocycles. The first-order valence-corrected chi connectivity index (χ1v) is 9.77. The van der Waals surface area contributed by atoms with Crippen LogP contribution in [0.15, 0.2) is 77.7 Å². The van der Waals surface area contributed by atoms with Crippen molar-refractivity contribution in [1.82, 2.24) is 0 Å². The summed E-state index contributed by atoms with van der Waals surface area (Å²) in [6.45, 7) is 8.62. The minimum Gasteiger partial charge on any atom is -0.493 e.